The van der Waals surface area contributed by atoms with Crippen LogP contribution >= 0.6 is 0 Å². The van der Waals surface area contributed by atoms with Crippen molar-refractivity contribution in [1.82, 2.24) is 4.98 Å². The van der Waals surface area contributed by atoms with Gasteiger partial charge in [0.25, 0.3) is 0 Å². The van der Waals surface area contributed by atoms with Crippen LogP contribution in [0.3, 0.4) is 0 Å². The SMILES string of the molecule is Cc1ncccc1NC1CCCC(CC(C)C)C1. The van der Waals surface area contributed by atoms with Crippen LogP contribution in [0.5, 0.6) is 0 Å². The summed E-state index contributed by atoms with van der Waals surface area (Å²) in [6.07, 6.45) is 8.67. The molecule has 1 fully saturated rings. The van der Waals surface area contributed by atoms with E-state index in [4.69, 9.17) is 0 Å². The third-order valence-corrected chi connectivity index (χ3v) is 3.95. The number of rotatable bonds is 4. The number of pyridine rings is 1. The van der Waals surface area contributed by atoms with E-state index < -0.39 is 0 Å². The fourth-order valence-corrected chi connectivity index (χ4v) is 3.16. The third-order valence-electron chi connectivity index (χ3n) is 3.95. The summed E-state index contributed by atoms with van der Waals surface area (Å²) >= 11 is 0. The van der Waals surface area contributed by atoms with Gasteiger partial charge in [-0.2, -0.15) is 0 Å². The average Bonchev–Trinajstić information content (AvgIpc) is 2.32. The molecule has 0 bridgehead atoms. The van der Waals surface area contributed by atoms with Crippen molar-refractivity contribution < 1.29 is 0 Å². The highest BCUT2D eigenvalue weighted by atomic mass is 14.9. The normalized spacial score (nSPS) is 24.2. The number of hydrogen-bond donors (Lipinski definition) is 1. The van der Waals surface area contributed by atoms with Gasteiger partial charge >= 0.3 is 0 Å². The first-order chi connectivity index (χ1) is 8.65. The summed E-state index contributed by atoms with van der Waals surface area (Å²) in [5, 5.41) is 3.69. The molecule has 0 amide bonds. The van der Waals surface area contributed by atoms with Crippen LogP contribution in [0.25, 0.3) is 0 Å². The quantitative estimate of drug-likeness (QED) is 0.851. The van der Waals surface area contributed by atoms with Crippen molar-refractivity contribution in [1.29, 1.82) is 0 Å². The smallest absolute Gasteiger partial charge is 0.0603 e. The summed E-state index contributed by atoms with van der Waals surface area (Å²) in [5.41, 5.74) is 2.33. The minimum Gasteiger partial charge on any atom is -0.381 e. The predicted molar refractivity (Wildman–Crippen MR) is 77.8 cm³/mol. The number of anilines is 1. The van der Waals surface area contributed by atoms with Crippen LogP contribution in [0.15, 0.2) is 18.3 Å². The summed E-state index contributed by atoms with van der Waals surface area (Å²) in [6, 6.07) is 4.81. The second-order valence-corrected chi connectivity index (χ2v) is 6.14. The molecule has 2 atom stereocenters. The van der Waals surface area contributed by atoms with Gasteiger partial charge in [0.05, 0.1) is 11.4 Å². The number of aryl methyl sites for hydroxylation is 1. The topological polar surface area (TPSA) is 24.9 Å². The molecular formula is C16H26N2. The van der Waals surface area contributed by atoms with Crippen LogP contribution in [0.4, 0.5) is 5.69 Å². The Morgan fingerprint density at radius 2 is 2.22 bits per heavy atom. The van der Waals surface area contributed by atoms with E-state index >= 15 is 0 Å². The lowest BCUT2D eigenvalue weighted by molar-refractivity contribution is 0.289. The van der Waals surface area contributed by atoms with Crippen molar-refractivity contribution in [3.63, 3.8) is 0 Å². The van der Waals surface area contributed by atoms with E-state index in [0.717, 1.165) is 17.5 Å². The van der Waals surface area contributed by atoms with Crippen LogP contribution in [0.1, 0.15) is 51.6 Å². The standard InChI is InChI=1S/C16H26N2/c1-12(2)10-14-6-4-7-15(11-14)18-16-8-5-9-17-13(16)3/h5,8-9,12,14-15,18H,4,6-7,10-11H2,1-3H3. The molecule has 0 saturated heterocycles. The van der Waals surface area contributed by atoms with E-state index in [2.05, 4.69) is 37.1 Å². The highest BCUT2D eigenvalue weighted by Crippen LogP contribution is 2.31. The number of aromatic nitrogens is 1. The van der Waals surface area contributed by atoms with Gasteiger partial charge in [-0.25, -0.2) is 0 Å². The highest BCUT2D eigenvalue weighted by molar-refractivity contribution is 5.47. The van der Waals surface area contributed by atoms with Crippen LogP contribution in [-0.4, -0.2) is 11.0 Å². The molecular weight excluding hydrogens is 220 g/mol. The molecule has 100 valence electrons. The van der Waals surface area contributed by atoms with E-state index in [9.17, 15) is 0 Å². The zero-order chi connectivity index (χ0) is 13.0. The summed E-state index contributed by atoms with van der Waals surface area (Å²) in [7, 11) is 0. The molecule has 2 nitrogen and oxygen atoms in total. The maximum atomic E-state index is 4.35. The van der Waals surface area contributed by atoms with Crippen molar-refractivity contribution in [2.45, 2.75) is 58.9 Å². The van der Waals surface area contributed by atoms with Gasteiger partial charge in [0.1, 0.15) is 0 Å². The molecule has 1 aromatic rings. The van der Waals surface area contributed by atoms with Gasteiger partial charge in [0, 0.05) is 12.2 Å². The number of nitrogens with one attached hydrogen (secondary N) is 1. The van der Waals surface area contributed by atoms with Gasteiger partial charge in [-0.15, -0.1) is 0 Å². The minimum atomic E-state index is 0.644. The van der Waals surface area contributed by atoms with Crippen molar-refractivity contribution in [2.24, 2.45) is 11.8 Å². The van der Waals surface area contributed by atoms with Gasteiger partial charge in [0.15, 0.2) is 0 Å². The van der Waals surface area contributed by atoms with E-state index in [1.54, 1.807) is 0 Å². The van der Waals surface area contributed by atoms with Crippen LogP contribution in [-0.2, 0) is 0 Å². The number of nitrogens with zero attached hydrogens (tertiary/aromatic N) is 1. The first-order valence-corrected chi connectivity index (χ1v) is 7.33. The Balaban J connectivity index is 1.91. The van der Waals surface area contributed by atoms with Crippen LogP contribution in [0.2, 0.25) is 0 Å². The monoisotopic (exact) mass is 246 g/mol. The lowest BCUT2D eigenvalue weighted by Crippen LogP contribution is -2.28. The molecule has 0 aliphatic heterocycles. The molecule has 1 aliphatic carbocycles. The molecule has 1 saturated carbocycles. The fraction of sp³-hybridized carbons (Fsp3) is 0.688. The Morgan fingerprint density at radius 1 is 1.39 bits per heavy atom. The van der Waals surface area contributed by atoms with Crippen LogP contribution < -0.4 is 5.32 Å². The second-order valence-electron chi connectivity index (χ2n) is 6.14. The van der Waals surface area contributed by atoms with Gasteiger partial charge in [-0.3, -0.25) is 4.98 Å². The van der Waals surface area contributed by atoms with Crippen molar-refractivity contribution >= 4 is 5.69 Å². The summed E-state index contributed by atoms with van der Waals surface area (Å²) < 4.78 is 0. The third kappa shape index (κ3) is 3.72. The molecule has 2 unspecified atom stereocenters. The largest absolute Gasteiger partial charge is 0.381 e. The Morgan fingerprint density at radius 3 is 2.94 bits per heavy atom. The minimum absolute atomic E-state index is 0.644. The van der Waals surface area contributed by atoms with E-state index in [1.165, 1.54) is 37.8 Å². The van der Waals surface area contributed by atoms with E-state index in [-0.39, 0.29) is 0 Å². The molecule has 1 aliphatic rings. The maximum absolute atomic E-state index is 4.35. The molecule has 18 heavy (non-hydrogen) atoms. The van der Waals surface area contributed by atoms with Crippen LogP contribution in [0, 0.1) is 18.8 Å². The Kier molecular flexibility index (Phi) is 4.62. The molecule has 1 heterocycles. The van der Waals surface area contributed by atoms with Crippen molar-refractivity contribution in [3.8, 4) is 0 Å². The van der Waals surface area contributed by atoms with Gasteiger partial charge in [0.2, 0.25) is 0 Å². The van der Waals surface area contributed by atoms with Gasteiger partial charge < -0.3 is 5.32 Å². The first-order valence-electron chi connectivity index (χ1n) is 7.33. The van der Waals surface area contributed by atoms with Gasteiger partial charge in [-0.1, -0.05) is 26.7 Å². The van der Waals surface area contributed by atoms with E-state index in [0.29, 0.717) is 6.04 Å². The molecule has 1 N–H and O–H groups in total. The lowest BCUT2D eigenvalue weighted by Gasteiger charge is -2.31. The van der Waals surface area contributed by atoms with Crippen molar-refractivity contribution in [3.05, 3.63) is 24.0 Å². The maximum Gasteiger partial charge on any atom is 0.0603 e. The zero-order valence-corrected chi connectivity index (χ0v) is 11.9. The average molecular weight is 246 g/mol. The lowest BCUT2D eigenvalue weighted by atomic mass is 9.81. The molecule has 1 aromatic heterocycles. The molecule has 2 rings (SSSR count). The summed E-state index contributed by atoms with van der Waals surface area (Å²) in [5.74, 6) is 1.74. The Hall–Kier alpha value is -1.05. The van der Waals surface area contributed by atoms with E-state index in [1.807, 2.05) is 12.3 Å². The second kappa shape index (κ2) is 6.21. The van der Waals surface area contributed by atoms with Crippen molar-refractivity contribution in [2.75, 3.05) is 5.32 Å². The fourth-order valence-electron chi connectivity index (χ4n) is 3.16. The van der Waals surface area contributed by atoms with Gasteiger partial charge in [-0.05, 0) is 50.2 Å². The zero-order valence-electron chi connectivity index (χ0n) is 11.9. The number of hydrogen-bond acceptors (Lipinski definition) is 2. The highest BCUT2D eigenvalue weighted by Gasteiger charge is 2.22. The summed E-state index contributed by atoms with van der Waals surface area (Å²) in [4.78, 5) is 4.35. The Bertz CT molecular complexity index is 373. The molecule has 0 aromatic carbocycles. The molecule has 2 heteroatoms. The summed E-state index contributed by atoms with van der Waals surface area (Å²) in [6.45, 7) is 6.75. The molecule has 0 spiro atoms. The Labute approximate surface area is 111 Å². The molecule has 0 radical (unpaired) electrons. The predicted octanol–water partition coefficient (Wildman–Crippen LogP) is 4.41. The first kappa shape index (κ1) is 13.4.